The maximum atomic E-state index is 13.0. The van der Waals surface area contributed by atoms with Crippen LogP contribution >= 0.6 is 0 Å². The van der Waals surface area contributed by atoms with Gasteiger partial charge in [-0.1, -0.05) is 35.0 Å². The topological polar surface area (TPSA) is 84.8 Å². The molecule has 0 bridgehead atoms. The van der Waals surface area contributed by atoms with Crippen LogP contribution in [0.5, 0.6) is 5.75 Å². The molecule has 36 heavy (non-hydrogen) atoms. The fourth-order valence-electron chi connectivity index (χ4n) is 4.10. The molecule has 1 saturated heterocycles. The van der Waals surface area contributed by atoms with Gasteiger partial charge in [0.15, 0.2) is 5.76 Å². The highest BCUT2D eigenvalue weighted by Crippen LogP contribution is 2.24. The molecule has 5 rings (SSSR count). The number of furan rings is 1. The molecule has 1 unspecified atom stereocenters. The number of halogens is 1. The molecule has 1 amide bonds. The van der Waals surface area contributed by atoms with Crippen molar-refractivity contribution in [3.8, 4) is 17.1 Å². The van der Waals surface area contributed by atoms with Gasteiger partial charge in [0.2, 0.25) is 11.7 Å². The van der Waals surface area contributed by atoms with E-state index in [-0.39, 0.29) is 30.1 Å². The largest absolute Gasteiger partial charge is 0.486 e. The lowest BCUT2D eigenvalue weighted by atomic mass is 10.1. The maximum Gasteiger partial charge on any atom is 0.289 e. The first-order chi connectivity index (χ1) is 17.5. The molecule has 4 aromatic rings. The zero-order valence-corrected chi connectivity index (χ0v) is 20.2. The van der Waals surface area contributed by atoms with Crippen LogP contribution in [0.4, 0.5) is 4.39 Å². The number of carbonyl (C=O) groups is 1. The predicted octanol–water partition coefficient (Wildman–Crippen LogP) is 4.88. The van der Waals surface area contributed by atoms with Gasteiger partial charge in [-0.05, 0) is 50.2 Å². The summed E-state index contributed by atoms with van der Waals surface area (Å²) in [4.78, 5) is 21.5. The minimum absolute atomic E-state index is 0.0622. The monoisotopic (exact) mass is 490 g/mol. The van der Waals surface area contributed by atoms with Gasteiger partial charge in [-0.3, -0.25) is 9.69 Å². The van der Waals surface area contributed by atoms with E-state index in [0.29, 0.717) is 49.4 Å². The summed E-state index contributed by atoms with van der Waals surface area (Å²) in [5.74, 6) is 1.97. The molecule has 2 aromatic heterocycles. The van der Waals surface area contributed by atoms with Gasteiger partial charge in [-0.2, -0.15) is 4.98 Å². The summed E-state index contributed by atoms with van der Waals surface area (Å²) in [7, 11) is 0. The standard InChI is InChI=1S/C27H27FN4O4/c1-18-3-5-20(6-4-18)25-29-26(36-30-25)19(2)31-13-15-32(16-14-31)27(33)24-12-11-23(35-24)17-34-22-9-7-21(28)8-10-22/h3-12,19H,13-17H2,1-2H3. The molecule has 1 fully saturated rings. The fourth-order valence-corrected chi connectivity index (χ4v) is 4.10. The number of amides is 1. The number of benzene rings is 2. The lowest BCUT2D eigenvalue weighted by Crippen LogP contribution is -2.49. The quantitative estimate of drug-likeness (QED) is 0.365. The number of rotatable bonds is 7. The van der Waals surface area contributed by atoms with Crippen molar-refractivity contribution >= 4 is 5.91 Å². The van der Waals surface area contributed by atoms with Crippen LogP contribution in [0.2, 0.25) is 0 Å². The molecule has 186 valence electrons. The predicted molar refractivity (Wildman–Crippen MR) is 130 cm³/mol. The average molecular weight is 491 g/mol. The summed E-state index contributed by atoms with van der Waals surface area (Å²) < 4.78 is 29.9. The van der Waals surface area contributed by atoms with Gasteiger partial charge in [0.1, 0.15) is 23.9 Å². The molecule has 0 saturated carbocycles. The highest BCUT2D eigenvalue weighted by molar-refractivity contribution is 5.91. The smallest absolute Gasteiger partial charge is 0.289 e. The number of nitrogens with zero attached hydrogens (tertiary/aromatic N) is 4. The third kappa shape index (κ3) is 5.31. The van der Waals surface area contributed by atoms with Gasteiger partial charge in [0, 0.05) is 31.7 Å². The summed E-state index contributed by atoms with van der Waals surface area (Å²) in [6.07, 6.45) is 0. The SMILES string of the molecule is Cc1ccc(-c2noc(C(C)N3CCN(C(=O)c4ccc(COc5ccc(F)cc5)o4)CC3)n2)cc1. The van der Waals surface area contributed by atoms with Crippen LogP contribution in [-0.4, -0.2) is 52.0 Å². The van der Waals surface area contributed by atoms with E-state index in [2.05, 4.69) is 15.0 Å². The van der Waals surface area contributed by atoms with Gasteiger partial charge in [-0.15, -0.1) is 0 Å². The average Bonchev–Trinajstić information content (AvgIpc) is 3.59. The number of carbonyl (C=O) groups excluding carboxylic acids is 1. The van der Waals surface area contributed by atoms with E-state index in [0.717, 1.165) is 5.56 Å². The molecule has 0 radical (unpaired) electrons. The highest BCUT2D eigenvalue weighted by atomic mass is 19.1. The molecular weight excluding hydrogens is 463 g/mol. The van der Waals surface area contributed by atoms with Crippen LogP contribution in [0.1, 0.15) is 40.7 Å². The van der Waals surface area contributed by atoms with E-state index in [1.807, 2.05) is 38.1 Å². The van der Waals surface area contributed by atoms with Crippen molar-refractivity contribution in [2.24, 2.45) is 0 Å². The van der Waals surface area contributed by atoms with Gasteiger partial charge < -0.3 is 18.6 Å². The van der Waals surface area contributed by atoms with Gasteiger partial charge >= 0.3 is 0 Å². The minimum Gasteiger partial charge on any atom is -0.486 e. The second kappa shape index (κ2) is 10.3. The Morgan fingerprint density at radius 3 is 2.47 bits per heavy atom. The van der Waals surface area contributed by atoms with E-state index < -0.39 is 0 Å². The highest BCUT2D eigenvalue weighted by Gasteiger charge is 2.29. The Bertz CT molecular complexity index is 1310. The number of aromatic nitrogens is 2. The summed E-state index contributed by atoms with van der Waals surface area (Å²) in [6.45, 7) is 6.69. The van der Waals surface area contributed by atoms with Crippen molar-refractivity contribution in [2.45, 2.75) is 26.5 Å². The Hall–Kier alpha value is -3.98. The number of ether oxygens (including phenoxy) is 1. The van der Waals surface area contributed by atoms with Crippen LogP contribution in [0.3, 0.4) is 0 Å². The second-order valence-electron chi connectivity index (χ2n) is 8.83. The molecule has 1 atom stereocenters. The fraction of sp³-hybridized carbons (Fsp3) is 0.296. The van der Waals surface area contributed by atoms with Crippen LogP contribution in [0.25, 0.3) is 11.4 Å². The summed E-state index contributed by atoms with van der Waals surface area (Å²) in [5, 5.41) is 4.14. The van der Waals surface area contributed by atoms with Gasteiger partial charge in [-0.25, -0.2) is 4.39 Å². The maximum absolute atomic E-state index is 13.0. The molecule has 0 aliphatic carbocycles. The van der Waals surface area contributed by atoms with Crippen LogP contribution in [0.15, 0.2) is 69.6 Å². The normalized spacial score (nSPS) is 15.1. The van der Waals surface area contributed by atoms with Gasteiger partial charge in [0.05, 0.1) is 6.04 Å². The minimum atomic E-state index is -0.327. The first-order valence-electron chi connectivity index (χ1n) is 11.9. The Morgan fingerprint density at radius 2 is 1.75 bits per heavy atom. The number of hydrogen-bond donors (Lipinski definition) is 0. The Balaban J connectivity index is 1.14. The molecule has 8 nitrogen and oxygen atoms in total. The number of hydrogen-bond acceptors (Lipinski definition) is 7. The van der Waals surface area contributed by atoms with Crippen molar-refractivity contribution in [1.29, 1.82) is 0 Å². The molecule has 3 heterocycles. The van der Waals surface area contributed by atoms with Crippen molar-refractivity contribution in [1.82, 2.24) is 19.9 Å². The molecule has 9 heteroatoms. The molecular formula is C27H27FN4O4. The third-order valence-corrected chi connectivity index (χ3v) is 6.33. The first-order valence-corrected chi connectivity index (χ1v) is 11.9. The van der Waals surface area contributed by atoms with E-state index >= 15 is 0 Å². The van der Waals surface area contributed by atoms with E-state index in [9.17, 15) is 9.18 Å². The van der Waals surface area contributed by atoms with Crippen LogP contribution < -0.4 is 4.74 Å². The third-order valence-electron chi connectivity index (χ3n) is 6.33. The molecule has 0 N–H and O–H groups in total. The molecule has 0 spiro atoms. The zero-order chi connectivity index (χ0) is 25.1. The van der Waals surface area contributed by atoms with Crippen molar-refractivity contribution < 1.29 is 22.9 Å². The van der Waals surface area contributed by atoms with Crippen molar-refractivity contribution in [2.75, 3.05) is 26.2 Å². The van der Waals surface area contributed by atoms with Crippen molar-refractivity contribution in [3.63, 3.8) is 0 Å². The first kappa shape index (κ1) is 23.7. The second-order valence-corrected chi connectivity index (χ2v) is 8.83. The summed E-state index contributed by atoms with van der Waals surface area (Å²) in [5.41, 5.74) is 2.09. The van der Waals surface area contributed by atoms with E-state index in [1.54, 1.807) is 29.2 Å². The lowest BCUT2D eigenvalue weighted by Gasteiger charge is -2.36. The van der Waals surface area contributed by atoms with Crippen LogP contribution in [0, 0.1) is 12.7 Å². The molecule has 1 aliphatic rings. The lowest BCUT2D eigenvalue weighted by molar-refractivity contribution is 0.0521. The molecule has 1 aliphatic heterocycles. The zero-order valence-electron chi connectivity index (χ0n) is 20.2. The number of aryl methyl sites for hydroxylation is 1. The summed E-state index contributed by atoms with van der Waals surface area (Å²) in [6, 6.07) is 17.1. The van der Waals surface area contributed by atoms with Crippen LogP contribution in [-0.2, 0) is 6.61 Å². The molecule has 2 aromatic carbocycles. The van der Waals surface area contributed by atoms with Crippen molar-refractivity contribution in [3.05, 3.63) is 89.5 Å². The van der Waals surface area contributed by atoms with Gasteiger partial charge in [0.25, 0.3) is 5.91 Å². The Kier molecular flexibility index (Phi) is 6.81. The van der Waals surface area contributed by atoms with E-state index in [1.165, 1.54) is 17.7 Å². The number of piperazine rings is 1. The van der Waals surface area contributed by atoms with E-state index in [4.69, 9.17) is 13.7 Å². The summed E-state index contributed by atoms with van der Waals surface area (Å²) >= 11 is 0. The Morgan fingerprint density at radius 1 is 1.03 bits per heavy atom. The Labute approximate surface area is 208 Å².